The third-order valence-corrected chi connectivity index (χ3v) is 3.77. The maximum absolute atomic E-state index is 12.7. The van der Waals surface area contributed by atoms with Gasteiger partial charge in [0.25, 0.3) is 5.91 Å². The number of esters is 1. The van der Waals surface area contributed by atoms with Crippen molar-refractivity contribution in [3.05, 3.63) is 83.2 Å². The third kappa shape index (κ3) is 7.43. The molecule has 1 amide bonds. The SMILES string of the molecule is COC(=O)c1cc(C(=O)O)ncn1.O=C(O)c1cc(C(=O)NCc2ccc(F)cc2)ncn1. The van der Waals surface area contributed by atoms with Gasteiger partial charge in [0.15, 0.2) is 17.1 Å². The number of ether oxygens (including phenoxy) is 1. The molecule has 13 heteroatoms. The molecule has 0 bridgehead atoms. The van der Waals surface area contributed by atoms with Crippen LogP contribution in [0.2, 0.25) is 0 Å². The molecule has 0 atom stereocenters. The van der Waals surface area contributed by atoms with Crippen molar-refractivity contribution in [1.82, 2.24) is 25.3 Å². The van der Waals surface area contributed by atoms with Crippen molar-refractivity contribution in [1.29, 1.82) is 0 Å². The lowest BCUT2D eigenvalue weighted by molar-refractivity contribution is 0.0592. The van der Waals surface area contributed by atoms with E-state index in [-0.39, 0.29) is 35.1 Å². The first-order chi connectivity index (χ1) is 15.7. The van der Waals surface area contributed by atoms with Gasteiger partial charge in [-0.05, 0) is 17.7 Å². The van der Waals surface area contributed by atoms with Gasteiger partial charge in [-0.15, -0.1) is 0 Å². The van der Waals surface area contributed by atoms with E-state index in [9.17, 15) is 23.6 Å². The van der Waals surface area contributed by atoms with Gasteiger partial charge < -0.3 is 20.3 Å². The molecule has 3 N–H and O–H groups in total. The van der Waals surface area contributed by atoms with Gasteiger partial charge in [-0.3, -0.25) is 4.79 Å². The minimum absolute atomic E-state index is 0.0421. The first-order valence-electron chi connectivity index (χ1n) is 8.93. The molecule has 2 heterocycles. The highest BCUT2D eigenvalue weighted by Crippen LogP contribution is 2.04. The average molecular weight is 457 g/mol. The quantitative estimate of drug-likeness (QED) is 0.452. The summed E-state index contributed by atoms with van der Waals surface area (Å²) in [5.74, 6) is -4.03. The average Bonchev–Trinajstić information content (AvgIpc) is 2.83. The smallest absolute Gasteiger partial charge is 0.356 e. The van der Waals surface area contributed by atoms with Gasteiger partial charge in [0.05, 0.1) is 7.11 Å². The van der Waals surface area contributed by atoms with E-state index < -0.39 is 23.8 Å². The van der Waals surface area contributed by atoms with Crippen LogP contribution >= 0.6 is 0 Å². The number of aromatic nitrogens is 4. The van der Waals surface area contributed by atoms with Crippen LogP contribution in [-0.4, -0.2) is 61.1 Å². The molecular formula is C20H16FN5O7. The van der Waals surface area contributed by atoms with Crippen molar-refractivity contribution < 1.29 is 38.5 Å². The first kappa shape index (κ1) is 24.5. The minimum atomic E-state index is -1.24. The van der Waals surface area contributed by atoms with Crippen LogP contribution in [0.3, 0.4) is 0 Å². The van der Waals surface area contributed by atoms with E-state index in [0.29, 0.717) is 5.56 Å². The van der Waals surface area contributed by atoms with Crippen LogP contribution in [-0.2, 0) is 11.3 Å². The van der Waals surface area contributed by atoms with Crippen LogP contribution in [0.15, 0.2) is 49.1 Å². The second-order valence-corrected chi connectivity index (χ2v) is 5.99. The lowest BCUT2D eigenvalue weighted by Gasteiger charge is -2.05. The number of hydrogen-bond donors (Lipinski definition) is 3. The zero-order valence-corrected chi connectivity index (χ0v) is 16.9. The predicted molar refractivity (Wildman–Crippen MR) is 107 cm³/mol. The summed E-state index contributed by atoms with van der Waals surface area (Å²) in [6.45, 7) is 0.186. The number of hydrogen-bond acceptors (Lipinski definition) is 9. The van der Waals surface area contributed by atoms with Gasteiger partial charge in [-0.2, -0.15) is 0 Å². The fourth-order valence-corrected chi connectivity index (χ4v) is 2.16. The van der Waals surface area contributed by atoms with Crippen molar-refractivity contribution in [2.45, 2.75) is 6.54 Å². The molecule has 0 unspecified atom stereocenters. The highest BCUT2D eigenvalue weighted by molar-refractivity contribution is 5.95. The fraction of sp³-hybridized carbons (Fsp3) is 0.100. The molecule has 1 aromatic carbocycles. The second kappa shape index (κ2) is 11.5. The van der Waals surface area contributed by atoms with Crippen LogP contribution in [0.5, 0.6) is 0 Å². The monoisotopic (exact) mass is 457 g/mol. The summed E-state index contributed by atoms with van der Waals surface area (Å²) < 4.78 is 17.1. The van der Waals surface area contributed by atoms with E-state index >= 15 is 0 Å². The molecule has 0 fully saturated rings. The zero-order valence-electron chi connectivity index (χ0n) is 16.9. The lowest BCUT2D eigenvalue weighted by atomic mass is 10.2. The molecule has 0 aliphatic carbocycles. The number of methoxy groups -OCH3 is 1. The number of carboxylic acid groups (broad SMARTS) is 2. The number of carboxylic acids is 2. The number of nitrogens with one attached hydrogen (secondary N) is 1. The predicted octanol–water partition coefficient (Wildman–Crippen LogP) is 1.21. The fourth-order valence-electron chi connectivity index (χ4n) is 2.16. The Morgan fingerprint density at radius 3 is 1.85 bits per heavy atom. The molecule has 0 aliphatic rings. The maximum atomic E-state index is 12.7. The number of nitrogens with zero attached hydrogens (tertiary/aromatic N) is 4. The highest BCUT2D eigenvalue weighted by atomic mass is 19.1. The van der Waals surface area contributed by atoms with Gasteiger partial charge in [0, 0.05) is 18.7 Å². The van der Waals surface area contributed by atoms with Gasteiger partial charge in [0.2, 0.25) is 0 Å². The third-order valence-electron chi connectivity index (χ3n) is 3.77. The minimum Gasteiger partial charge on any atom is -0.477 e. The zero-order chi connectivity index (χ0) is 24.4. The molecule has 3 aromatic rings. The topological polar surface area (TPSA) is 182 Å². The van der Waals surface area contributed by atoms with E-state index in [0.717, 1.165) is 24.8 Å². The number of benzene rings is 1. The molecule has 170 valence electrons. The van der Waals surface area contributed by atoms with Crippen molar-refractivity contribution in [3.8, 4) is 0 Å². The molecular weight excluding hydrogens is 441 g/mol. The molecule has 2 aromatic heterocycles. The van der Waals surface area contributed by atoms with Gasteiger partial charge >= 0.3 is 17.9 Å². The van der Waals surface area contributed by atoms with E-state index in [1.54, 1.807) is 0 Å². The number of rotatable bonds is 6. The maximum Gasteiger partial charge on any atom is 0.356 e. The van der Waals surface area contributed by atoms with Crippen molar-refractivity contribution in [2.75, 3.05) is 7.11 Å². The van der Waals surface area contributed by atoms with Gasteiger partial charge in [-0.1, -0.05) is 12.1 Å². The van der Waals surface area contributed by atoms with E-state index in [4.69, 9.17) is 10.2 Å². The molecule has 33 heavy (non-hydrogen) atoms. The van der Waals surface area contributed by atoms with Crippen molar-refractivity contribution in [2.24, 2.45) is 0 Å². The Morgan fingerprint density at radius 1 is 0.848 bits per heavy atom. The van der Waals surface area contributed by atoms with Crippen LogP contribution in [0.4, 0.5) is 4.39 Å². The molecule has 0 aliphatic heterocycles. The summed E-state index contributed by atoms with van der Waals surface area (Å²) in [4.78, 5) is 58.0. The number of amides is 1. The van der Waals surface area contributed by atoms with E-state index in [1.165, 1.54) is 31.4 Å². The standard InChI is InChI=1S/C13H10FN3O3.C7H6N2O4/c14-9-3-1-8(2-4-9)6-15-12(18)10-5-11(13(19)20)17-7-16-10;1-13-7(12)5-2-4(6(10)11)8-3-9-5/h1-5,7H,6H2,(H,15,18)(H,19,20);2-3H,1H3,(H,10,11). The van der Waals surface area contributed by atoms with Crippen molar-refractivity contribution in [3.63, 3.8) is 0 Å². The molecule has 3 rings (SSSR count). The van der Waals surface area contributed by atoms with E-state index in [1.807, 2.05) is 0 Å². The summed E-state index contributed by atoms with van der Waals surface area (Å²) in [6, 6.07) is 7.79. The number of halogens is 1. The van der Waals surface area contributed by atoms with Gasteiger partial charge in [-0.25, -0.2) is 38.7 Å². The number of carbonyl (C=O) groups is 4. The largest absolute Gasteiger partial charge is 0.477 e. The summed E-state index contributed by atoms with van der Waals surface area (Å²) in [5, 5.41) is 19.8. The summed E-state index contributed by atoms with van der Waals surface area (Å²) in [6.07, 6.45) is 2.01. The highest BCUT2D eigenvalue weighted by Gasteiger charge is 2.12. The molecule has 0 saturated carbocycles. The lowest BCUT2D eigenvalue weighted by Crippen LogP contribution is -2.24. The normalized spacial score (nSPS) is 9.76. The molecule has 0 spiro atoms. The number of carbonyl (C=O) groups excluding carboxylic acids is 2. The van der Waals surface area contributed by atoms with Crippen LogP contribution < -0.4 is 5.32 Å². The Kier molecular flexibility index (Phi) is 8.56. The second-order valence-electron chi connectivity index (χ2n) is 5.99. The van der Waals surface area contributed by atoms with Crippen molar-refractivity contribution >= 4 is 23.8 Å². The Bertz CT molecular complexity index is 1170. The van der Waals surface area contributed by atoms with Crippen LogP contribution in [0.1, 0.15) is 47.5 Å². The summed E-state index contributed by atoms with van der Waals surface area (Å²) >= 11 is 0. The Hall–Kier alpha value is -4.81. The molecule has 12 nitrogen and oxygen atoms in total. The first-order valence-corrected chi connectivity index (χ1v) is 8.93. The van der Waals surface area contributed by atoms with Crippen LogP contribution in [0, 0.1) is 5.82 Å². The Balaban J connectivity index is 0.000000257. The molecule has 0 saturated heterocycles. The Labute approximate surface area is 185 Å². The van der Waals surface area contributed by atoms with E-state index in [2.05, 4.69) is 30.0 Å². The summed E-state index contributed by atoms with van der Waals surface area (Å²) in [5.41, 5.74) is 0.101. The number of aromatic carboxylic acids is 2. The Morgan fingerprint density at radius 2 is 1.33 bits per heavy atom. The summed E-state index contributed by atoms with van der Waals surface area (Å²) in [7, 11) is 1.19. The molecule has 0 radical (unpaired) electrons. The van der Waals surface area contributed by atoms with Crippen LogP contribution in [0.25, 0.3) is 0 Å². The van der Waals surface area contributed by atoms with Gasteiger partial charge in [0.1, 0.15) is 24.2 Å².